The second-order valence-corrected chi connectivity index (χ2v) is 6.69. The number of carbonyl (C=O) groups excluding carboxylic acids is 1. The average molecular weight is 337 g/mol. The minimum atomic E-state index is -2.84. The monoisotopic (exact) mass is 337 g/mol. The molecule has 0 atom stereocenters. The molecule has 1 N–H and O–H groups in total. The summed E-state index contributed by atoms with van der Waals surface area (Å²) >= 11 is 0. The van der Waals surface area contributed by atoms with E-state index in [4.69, 9.17) is 0 Å². The first-order valence-electron chi connectivity index (χ1n) is 7.65. The molecule has 7 heteroatoms. The van der Waals surface area contributed by atoms with Crippen LogP contribution < -0.4 is 5.32 Å². The van der Waals surface area contributed by atoms with Crippen molar-refractivity contribution in [3.63, 3.8) is 0 Å². The molecular weight excluding hydrogens is 319 g/mol. The number of alkyl halides is 2. The second-order valence-electron chi connectivity index (χ2n) is 6.69. The Balaban J connectivity index is 1.96. The Labute approximate surface area is 137 Å². The fourth-order valence-electron chi connectivity index (χ4n) is 3.32. The molecule has 2 aromatic rings. The maximum atomic E-state index is 14.2. The lowest BCUT2D eigenvalue weighted by atomic mass is 9.86. The van der Waals surface area contributed by atoms with Crippen LogP contribution in [0.4, 0.5) is 18.9 Å². The number of anilines is 1. The number of halogens is 3. The number of carbonyl (C=O) groups is 1. The molecule has 1 aliphatic rings. The zero-order valence-electron chi connectivity index (χ0n) is 13.7. The SMILES string of the molecule is Cn1cc(C(=O)Nc2ccc(F)c3c2CCC3(C)C)c(C(F)F)n1. The van der Waals surface area contributed by atoms with Gasteiger partial charge in [-0.05, 0) is 41.5 Å². The maximum Gasteiger partial charge on any atom is 0.282 e. The summed E-state index contributed by atoms with van der Waals surface area (Å²) in [6, 6.07) is 2.78. The molecule has 0 saturated carbocycles. The number of amides is 1. The van der Waals surface area contributed by atoms with Crippen molar-refractivity contribution in [2.24, 2.45) is 7.05 Å². The predicted octanol–water partition coefficient (Wildman–Crippen LogP) is 3.97. The van der Waals surface area contributed by atoms with Crippen molar-refractivity contribution >= 4 is 11.6 Å². The molecule has 0 saturated heterocycles. The number of nitrogens with zero attached hydrogens (tertiary/aromatic N) is 2. The number of hydrogen-bond donors (Lipinski definition) is 1. The molecule has 4 nitrogen and oxygen atoms in total. The average Bonchev–Trinajstić information content (AvgIpc) is 3.03. The highest BCUT2D eigenvalue weighted by Gasteiger charge is 2.35. The molecule has 24 heavy (non-hydrogen) atoms. The lowest BCUT2D eigenvalue weighted by molar-refractivity contribution is 0.101. The van der Waals surface area contributed by atoms with Crippen LogP contribution in [-0.4, -0.2) is 15.7 Å². The first-order valence-corrected chi connectivity index (χ1v) is 7.65. The molecule has 1 amide bonds. The fraction of sp³-hybridized carbons (Fsp3) is 0.412. The van der Waals surface area contributed by atoms with Crippen molar-refractivity contribution in [2.75, 3.05) is 5.32 Å². The van der Waals surface area contributed by atoms with Gasteiger partial charge in [0.2, 0.25) is 0 Å². The third-order valence-electron chi connectivity index (χ3n) is 4.50. The molecule has 1 aromatic carbocycles. The van der Waals surface area contributed by atoms with Crippen LogP contribution in [0.1, 0.15) is 53.9 Å². The highest BCUT2D eigenvalue weighted by Crippen LogP contribution is 2.43. The van der Waals surface area contributed by atoms with E-state index in [0.717, 1.165) is 12.0 Å². The van der Waals surface area contributed by atoms with E-state index in [1.54, 1.807) is 0 Å². The van der Waals surface area contributed by atoms with Gasteiger partial charge in [-0.15, -0.1) is 0 Å². The normalized spacial score (nSPS) is 15.6. The van der Waals surface area contributed by atoms with Gasteiger partial charge >= 0.3 is 0 Å². The van der Waals surface area contributed by atoms with Crippen molar-refractivity contribution in [1.29, 1.82) is 0 Å². The van der Waals surface area contributed by atoms with Crippen molar-refractivity contribution < 1.29 is 18.0 Å². The minimum Gasteiger partial charge on any atom is -0.322 e. The number of fused-ring (bicyclic) bond motifs is 1. The van der Waals surface area contributed by atoms with Crippen LogP contribution >= 0.6 is 0 Å². The van der Waals surface area contributed by atoms with Crippen molar-refractivity contribution in [1.82, 2.24) is 9.78 Å². The number of rotatable bonds is 3. The van der Waals surface area contributed by atoms with Gasteiger partial charge in [0.25, 0.3) is 12.3 Å². The molecule has 3 rings (SSSR count). The van der Waals surface area contributed by atoms with Crippen LogP contribution in [0.3, 0.4) is 0 Å². The molecule has 0 spiro atoms. The van der Waals surface area contributed by atoms with Crippen LogP contribution in [0.5, 0.6) is 0 Å². The number of hydrogen-bond acceptors (Lipinski definition) is 2. The number of aryl methyl sites for hydroxylation is 1. The van der Waals surface area contributed by atoms with Crippen LogP contribution in [0.2, 0.25) is 0 Å². The molecule has 128 valence electrons. The van der Waals surface area contributed by atoms with Gasteiger partial charge in [-0.2, -0.15) is 5.10 Å². The summed E-state index contributed by atoms with van der Waals surface area (Å²) in [5.41, 5.74) is 0.724. The van der Waals surface area contributed by atoms with Crippen molar-refractivity contribution in [3.8, 4) is 0 Å². The first kappa shape index (κ1) is 16.5. The number of aromatic nitrogens is 2. The Kier molecular flexibility index (Phi) is 3.89. The zero-order chi connectivity index (χ0) is 17.6. The van der Waals surface area contributed by atoms with Crippen LogP contribution in [-0.2, 0) is 18.9 Å². The molecule has 1 heterocycles. The summed E-state index contributed by atoms with van der Waals surface area (Å²) in [6.07, 6.45) is -0.194. The van der Waals surface area contributed by atoms with Gasteiger partial charge < -0.3 is 5.32 Å². The highest BCUT2D eigenvalue weighted by molar-refractivity contribution is 6.05. The number of nitrogens with one attached hydrogen (secondary N) is 1. The van der Waals surface area contributed by atoms with E-state index in [9.17, 15) is 18.0 Å². The molecule has 0 aliphatic heterocycles. The molecule has 0 radical (unpaired) electrons. The summed E-state index contributed by atoms with van der Waals surface area (Å²) in [6.45, 7) is 3.90. The first-order chi connectivity index (χ1) is 11.2. The van der Waals surface area contributed by atoms with Gasteiger partial charge in [0.15, 0.2) is 0 Å². The van der Waals surface area contributed by atoms with E-state index in [1.165, 1.54) is 30.1 Å². The maximum absolute atomic E-state index is 14.2. The zero-order valence-corrected chi connectivity index (χ0v) is 13.7. The van der Waals surface area contributed by atoms with Gasteiger partial charge in [-0.25, -0.2) is 13.2 Å². The van der Waals surface area contributed by atoms with Gasteiger partial charge in [0, 0.05) is 18.9 Å². The lowest BCUT2D eigenvalue weighted by Crippen LogP contribution is -2.17. The Morgan fingerprint density at radius 2 is 2.08 bits per heavy atom. The van der Waals surface area contributed by atoms with E-state index in [2.05, 4.69) is 10.4 Å². The van der Waals surface area contributed by atoms with E-state index < -0.39 is 18.0 Å². The Bertz CT molecular complexity index is 812. The Hall–Kier alpha value is -2.31. The lowest BCUT2D eigenvalue weighted by Gasteiger charge is -2.20. The molecular formula is C17H18F3N3O. The van der Waals surface area contributed by atoms with Crippen LogP contribution in [0.15, 0.2) is 18.3 Å². The summed E-state index contributed by atoms with van der Waals surface area (Å²) in [5, 5.41) is 6.27. The Morgan fingerprint density at radius 1 is 1.38 bits per heavy atom. The molecule has 1 aliphatic carbocycles. The van der Waals surface area contributed by atoms with Crippen LogP contribution in [0, 0.1) is 5.82 Å². The number of benzene rings is 1. The molecule has 0 bridgehead atoms. The van der Waals surface area contributed by atoms with E-state index in [-0.39, 0.29) is 16.8 Å². The topological polar surface area (TPSA) is 46.9 Å². The second kappa shape index (κ2) is 5.65. The van der Waals surface area contributed by atoms with Crippen LogP contribution in [0.25, 0.3) is 0 Å². The van der Waals surface area contributed by atoms with Gasteiger partial charge in [0.1, 0.15) is 11.5 Å². The molecule has 1 aromatic heterocycles. The van der Waals surface area contributed by atoms with Crippen molar-refractivity contribution in [3.05, 3.63) is 46.5 Å². The standard InChI is InChI=1S/C17H18F3N3O/c1-17(2)7-6-9-12(5-4-11(18)13(9)17)21-16(24)10-8-23(3)22-14(10)15(19)20/h4-5,8,15H,6-7H2,1-3H3,(H,21,24). The third kappa shape index (κ3) is 2.68. The quantitative estimate of drug-likeness (QED) is 0.921. The Morgan fingerprint density at radius 3 is 2.75 bits per heavy atom. The van der Waals surface area contributed by atoms with Crippen molar-refractivity contribution in [2.45, 2.75) is 38.5 Å². The summed E-state index contributed by atoms with van der Waals surface area (Å²) in [4.78, 5) is 12.4. The fourth-order valence-corrected chi connectivity index (χ4v) is 3.32. The van der Waals surface area contributed by atoms with E-state index >= 15 is 0 Å². The van der Waals surface area contributed by atoms with Gasteiger partial charge in [-0.3, -0.25) is 9.48 Å². The third-order valence-corrected chi connectivity index (χ3v) is 4.50. The smallest absolute Gasteiger partial charge is 0.282 e. The molecule has 0 unspecified atom stereocenters. The van der Waals surface area contributed by atoms with E-state index in [1.807, 2.05) is 13.8 Å². The van der Waals surface area contributed by atoms with E-state index in [0.29, 0.717) is 17.7 Å². The summed E-state index contributed by atoms with van der Waals surface area (Å²) < 4.78 is 41.4. The summed E-state index contributed by atoms with van der Waals surface area (Å²) in [7, 11) is 1.47. The predicted molar refractivity (Wildman–Crippen MR) is 83.9 cm³/mol. The van der Waals surface area contributed by atoms with Gasteiger partial charge in [-0.1, -0.05) is 13.8 Å². The molecule has 0 fully saturated rings. The summed E-state index contributed by atoms with van der Waals surface area (Å²) in [5.74, 6) is -0.975. The minimum absolute atomic E-state index is 0.178. The largest absolute Gasteiger partial charge is 0.322 e. The van der Waals surface area contributed by atoms with Gasteiger partial charge in [0.05, 0.1) is 5.56 Å². The highest BCUT2D eigenvalue weighted by atomic mass is 19.3.